The number of nitriles is 1. The molecular formula is C8H9N3O2S. The van der Waals surface area contributed by atoms with Gasteiger partial charge in [0, 0.05) is 6.54 Å². The SMILES string of the molecule is CCN1C(=O)CSC1=C(C#N)C(N)=O. The van der Waals surface area contributed by atoms with Crippen molar-refractivity contribution < 1.29 is 9.59 Å². The van der Waals surface area contributed by atoms with Crippen LogP contribution < -0.4 is 5.73 Å². The highest BCUT2D eigenvalue weighted by Gasteiger charge is 2.29. The predicted octanol–water partition coefficient (Wildman–Crippen LogP) is -0.198. The maximum atomic E-state index is 11.3. The minimum Gasteiger partial charge on any atom is -0.365 e. The van der Waals surface area contributed by atoms with E-state index in [1.54, 1.807) is 13.0 Å². The molecule has 1 saturated heterocycles. The molecule has 0 unspecified atom stereocenters. The lowest BCUT2D eigenvalue weighted by Crippen LogP contribution is -2.26. The van der Waals surface area contributed by atoms with E-state index in [0.29, 0.717) is 11.6 Å². The van der Waals surface area contributed by atoms with Crippen molar-refractivity contribution in [3.05, 3.63) is 10.6 Å². The maximum absolute atomic E-state index is 11.3. The molecule has 0 saturated carbocycles. The van der Waals surface area contributed by atoms with Crippen LogP contribution in [0.1, 0.15) is 6.92 Å². The predicted molar refractivity (Wildman–Crippen MR) is 51.7 cm³/mol. The van der Waals surface area contributed by atoms with E-state index in [4.69, 9.17) is 11.0 Å². The fraction of sp³-hybridized carbons (Fsp3) is 0.375. The molecule has 2 amide bonds. The highest BCUT2D eigenvalue weighted by Crippen LogP contribution is 2.30. The number of rotatable bonds is 2. The number of thioether (sulfide) groups is 1. The molecule has 1 aliphatic rings. The summed E-state index contributed by atoms with van der Waals surface area (Å²) in [5.41, 5.74) is 4.88. The Morgan fingerprint density at radius 2 is 2.43 bits per heavy atom. The summed E-state index contributed by atoms with van der Waals surface area (Å²) in [6.07, 6.45) is 0. The van der Waals surface area contributed by atoms with Crippen molar-refractivity contribution in [1.29, 1.82) is 5.26 Å². The van der Waals surface area contributed by atoms with Crippen LogP contribution in [0.3, 0.4) is 0 Å². The Balaban J connectivity index is 3.14. The zero-order chi connectivity index (χ0) is 10.7. The van der Waals surface area contributed by atoms with Crippen molar-refractivity contribution in [2.75, 3.05) is 12.3 Å². The van der Waals surface area contributed by atoms with E-state index in [9.17, 15) is 9.59 Å². The molecule has 1 rings (SSSR count). The van der Waals surface area contributed by atoms with Gasteiger partial charge in [-0.2, -0.15) is 5.26 Å². The Bertz CT molecular complexity index is 356. The first kappa shape index (κ1) is 10.6. The number of amides is 2. The Labute approximate surface area is 85.5 Å². The van der Waals surface area contributed by atoms with Gasteiger partial charge in [0.2, 0.25) is 5.91 Å². The van der Waals surface area contributed by atoms with Gasteiger partial charge in [0.05, 0.1) is 5.75 Å². The number of carbonyl (C=O) groups excluding carboxylic acids is 2. The molecule has 1 heterocycles. The van der Waals surface area contributed by atoms with Crippen LogP contribution in [-0.2, 0) is 9.59 Å². The van der Waals surface area contributed by atoms with Gasteiger partial charge in [-0.3, -0.25) is 9.59 Å². The topological polar surface area (TPSA) is 87.2 Å². The zero-order valence-electron chi connectivity index (χ0n) is 7.61. The van der Waals surface area contributed by atoms with E-state index in [0.717, 1.165) is 0 Å². The van der Waals surface area contributed by atoms with Gasteiger partial charge in [-0.1, -0.05) is 11.8 Å². The van der Waals surface area contributed by atoms with Gasteiger partial charge in [-0.15, -0.1) is 0 Å². The standard InChI is InChI=1S/C8H9N3O2S/c1-2-11-6(12)4-14-8(11)5(3-9)7(10)13/h2,4H2,1H3,(H2,10,13). The van der Waals surface area contributed by atoms with E-state index in [2.05, 4.69) is 0 Å². The second-order valence-electron chi connectivity index (χ2n) is 2.58. The van der Waals surface area contributed by atoms with Gasteiger partial charge in [-0.05, 0) is 6.92 Å². The van der Waals surface area contributed by atoms with Crippen LogP contribution in [0.2, 0.25) is 0 Å². The third-order valence-electron chi connectivity index (χ3n) is 1.77. The van der Waals surface area contributed by atoms with Crippen LogP contribution in [0, 0.1) is 11.3 Å². The van der Waals surface area contributed by atoms with E-state index in [-0.39, 0.29) is 17.2 Å². The normalized spacial score (nSPS) is 19.4. The third kappa shape index (κ3) is 1.72. The second kappa shape index (κ2) is 4.15. The smallest absolute Gasteiger partial charge is 0.262 e. The van der Waals surface area contributed by atoms with Gasteiger partial charge < -0.3 is 10.6 Å². The third-order valence-corrected chi connectivity index (χ3v) is 2.86. The summed E-state index contributed by atoms with van der Waals surface area (Å²) in [5.74, 6) is -0.619. The second-order valence-corrected chi connectivity index (χ2v) is 3.55. The Kier molecular flexibility index (Phi) is 3.14. The van der Waals surface area contributed by atoms with Crippen molar-refractivity contribution in [3.8, 4) is 6.07 Å². The highest BCUT2D eigenvalue weighted by atomic mass is 32.2. The number of primary amides is 1. The quantitative estimate of drug-likeness (QED) is 0.506. The molecule has 0 aromatic carbocycles. The molecule has 0 atom stereocenters. The van der Waals surface area contributed by atoms with Crippen molar-refractivity contribution in [3.63, 3.8) is 0 Å². The van der Waals surface area contributed by atoms with E-state index >= 15 is 0 Å². The number of hydrogen-bond donors (Lipinski definition) is 1. The molecule has 74 valence electrons. The molecular weight excluding hydrogens is 202 g/mol. The molecule has 0 radical (unpaired) electrons. The molecule has 1 aliphatic heterocycles. The van der Waals surface area contributed by atoms with E-state index in [1.807, 2.05) is 0 Å². The Hall–Kier alpha value is -1.48. The van der Waals surface area contributed by atoms with E-state index in [1.165, 1.54) is 16.7 Å². The van der Waals surface area contributed by atoms with E-state index < -0.39 is 5.91 Å². The minimum absolute atomic E-state index is 0.0958. The minimum atomic E-state index is -0.789. The first-order valence-electron chi connectivity index (χ1n) is 3.99. The average molecular weight is 211 g/mol. The van der Waals surface area contributed by atoms with Gasteiger partial charge in [0.25, 0.3) is 5.91 Å². The molecule has 0 spiro atoms. The molecule has 0 aromatic rings. The van der Waals surface area contributed by atoms with Gasteiger partial charge in [0.15, 0.2) is 0 Å². The molecule has 1 fully saturated rings. The summed E-state index contributed by atoms with van der Waals surface area (Å²) in [6, 6.07) is 1.72. The van der Waals surface area contributed by atoms with Crippen LogP contribution >= 0.6 is 11.8 Å². The summed E-state index contributed by atoms with van der Waals surface area (Å²) in [6.45, 7) is 2.22. The Morgan fingerprint density at radius 3 is 2.86 bits per heavy atom. The number of carbonyl (C=O) groups is 2. The molecule has 2 N–H and O–H groups in total. The highest BCUT2D eigenvalue weighted by molar-refractivity contribution is 8.04. The average Bonchev–Trinajstić information content (AvgIpc) is 2.48. The molecule has 0 bridgehead atoms. The number of hydrogen-bond acceptors (Lipinski definition) is 4. The molecule has 0 aromatic heterocycles. The lowest BCUT2D eigenvalue weighted by molar-refractivity contribution is -0.125. The summed E-state index contributed by atoms with van der Waals surface area (Å²) in [4.78, 5) is 23.5. The van der Waals surface area contributed by atoms with Crippen molar-refractivity contribution in [2.45, 2.75) is 6.92 Å². The summed E-state index contributed by atoms with van der Waals surface area (Å²) >= 11 is 1.18. The molecule has 0 aliphatic carbocycles. The van der Waals surface area contributed by atoms with Crippen molar-refractivity contribution in [2.24, 2.45) is 5.73 Å². The maximum Gasteiger partial charge on any atom is 0.262 e. The fourth-order valence-electron chi connectivity index (χ4n) is 1.13. The lowest BCUT2D eigenvalue weighted by Gasteiger charge is -2.14. The zero-order valence-corrected chi connectivity index (χ0v) is 8.43. The molecule has 5 nitrogen and oxygen atoms in total. The first-order chi connectivity index (χ1) is 6.61. The molecule has 6 heteroatoms. The van der Waals surface area contributed by atoms with Crippen LogP contribution in [0.25, 0.3) is 0 Å². The van der Waals surface area contributed by atoms with Crippen molar-refractivity contribution >= 4 is 23.6 Å². The van der Waals surface area contributed by atoms with Crippen LogP contribution in [0.4, 0.5) is 0 Å². The Morgan fingerprint density at radius 1 is 1.79 bits per heavy atom. The van der Waals surface area contributed by atoms with Crippen LogP contribution in [0.5, 0.6) is 0 Å². The van der Waals surface area contributed by atoms with Gasteiger partial charge >= 0.3 is 0 Å². The summed E-state index contributed by atoms with van der Waals surface area (Å²) in [7, 11) is 0. The van der Waals surface area contributed by atoms with Gasteiger partial charge in [-0.25, -0.2) is 0 Å². The largest absolute Gasteiger partial charge is 0.365 e. The molecule has 14 heavy (non-hydrogen) atoms. The lowest BCUT2D eigenvalue weighted by atomic mass is 10.3. The number of nitrogens with two attached hydrogens (primary N) is 1. The fourth-order valence-corrected chi connectivity index (χ4v) is 2.23. The van der Waals surface area contributed by atoms with Crippen LogP contribution in [0.15, 0.2) is 10.6 Å². The monoisotopic (exact) mass is 211 g/mol. The summed E-state index contributed by atoms with van der Waals surface area (Å²) in [5, 5.41) is 9.08. The first-order valence-corrected chi connectivity index (χ1v) is 4.97. The van der Waals surface area contributed by atoms with Crippen LogP contribution in [-0.4, -0.2) is 29.0 Å². The number of nitrogens with zero attached hydrogens (tertiary/aromatic N) is 2. The van der Waals surface area contributed by atoms with Crippen molar-refractivity contribution in [1.82, 2.24) is 4.90 Å². The van der Waals surface area contributed by atoms with Gasteiger partial charge in [0.1, 0.15) is 16.7 Å². The summed E-state index contributed by atoms with van der Waals surface area (Å²) < 4.78 is 0.